The predicted octanol–water partition coefficient (Wildman–Crippen LogP) is 3.26. The third kappa shape index (κ3) is 4.31. The number of hydrazone groups is 1. The molecule has 2 aromatic carbocycles. The van der Waals surface area contributed by atoms with Crippen LogP contribution in [-0.2, 0) is 0 Å². The Balaban J connectivity index is 2.45. The van der Waals surface area contributed by atoms with Gasteiger partial charge in [0, 0.05) is 17.7 Å². The summed E-state index contributed by atoms with van der Waals surface area (Å²) in [6.45, 7) is 1.54. The lowest BCUT2D eigenvalue weighted by Crippen LogP contribution is -2.04. The van der Waals surface area contributed by atoms with Crippen LogP contribution in [0.4, 0.5) is 22.7 Å². The van der Waals surface area contributed by atoms with Crippen LogP contribution in [-0.4, -0.2) is 27.6 Å². The summed E-state index contributed by atoms with van der Waals surface area (Å²) < 4.78 is 4.99. The first-order chi connectivity index (χ1) is 12.7. The first-order valence-electron chi connectivity index (χ1n) is 7.30. The molecule has 0 aliphatic carbocycles. The number of nitro groups is 3. The highest BCUT2D eigenvalue weighted by Gasteiger charge is 2.25. The third-order valence-corrected chi connectivity index (χ3v) is 3.50. The minimum absolute atomic E-state index is 0.138. The molecule has 0 fully saturated rings. The van der Waals surface area contributed by atoms with Gasteiger partial charge >= 0.3 is 5.69 Å². The van der Waals surface area contributed by atoms with Crippen LogP contribution in [0.3, 0.4) is 0 Å². The Morgan fingerprint density at radius 3 is 2.22 bits per heavy atom. The van der Waals surface area contributed by atoms with Gasteiger partial charge in [0.05, 0.1) is 39.7 Å². The van der Waals surface area contributed by atoms with Crippen molar-refractivity contribution in [3.8, 4) is 5.75 Å². The lowest BCUT2D eigenvalue weighted by atomic mass is 10.1. The van der Waals surface area contributed by atoms with Gasteiger partial charge in [-0.3, -0.25) is 35.8 Å². The number of methoxy groups -OCH3 is 1. The predicted molar refractivity (Wildman–Crippen MR) is 95.2 cm³/mol. The van der Waals surface area contributed by atoms with Crippen LogP contribution < -0.4 is 10.2 Å². The van der Waals surface area contributed by atoms with E-state index in [1.807, 2.05) is 0 Å². The summed E-state index contributed by atoms with van der Waals surface area (Å²) >= 11 is 0. The molecule has 27 heavy (non-hydrogen) atoms. The van der Waals surface area contributed by atoms with Crippen LogP contribution in [0.25, 0.3) is 0 Å². The van der Waals surface area contributed by atoms with E-state index in [1.165, 1.54) is 32.2 Å². The van der Waals surface area contributed by atoms with Gasteiger partial charge in [-0.2, -0.15) is 5.10 Å². The van der Waals surface area contributed by atoms with E-state index < -0.39 is 26.1 Å². The third-order valence-electron chi connectivity index (χ3n) is 3.50. The first kappa shape index (κ1) is 19.2. The quantitative estimate of drug-likeness (QED) is 0.437. The smallest absolute Gasteiger partial charge is 0.304 e. The number of hydrogen-bond acceptors (Lipinski definition) is 9. The molecule has 0 saturated carbocycles. The summed E-state index contributed by atoms with van der Waals surface area (Å²) in [5.41, 5.74) is 1.74. The van der Waals surface area contributed by atoms with E-state index in [9.17, 15) is 30.3 Å². The number of nitrogens with zero attached hydrogens (tertiary/aromatic N) is 4. The van der Waals surface area contributed by atoms with E-state index in [1.54, 1.807) is 6.07 Å². The SMILES string of the molecule is COc1cc([N+](=O)[O-])cc([N+](=O)[O-])c1N/N=C(\C)c1cccc([N+](=O)[O-])c1. The van der Waals surface area contributed by atoms with Crippen molar-refractivity contribution in [2.45, 2.75) is 6.92 Å². The highest BCUT2D eigenvalue weighted by molar-refractivity contribution is 5.99. The van der Waals surface area contributed by atoms with Crippen LogP contribution in [0.2, 0.25) is 0 Å². The summed E-state index contributed by atoms with van der Waals surface area (Å²) in [5.74, 6) is -0.147. The molecule has 0 aliphatic heterocycles. The first-order valence-corrected chi connectivity index (χ1v) is 7.30. The monoisotopic (exact) mass is 375 g/mol. The van der Waals surface area contributed by atoms with E-state index in [0.29, 0.717) is 11.3 Å². The zero-order valence-corrected chi connectivity index (χ0v) is 14.1. The van der Waals surface area contributed by atoms with Crippen LogP contribution >= 0.6 is 0 Å². The average molecular weight is 375 g/mol. The van der Waals surface area contributed by atoms with Crippen molar-refractivity contribution in [3.63, 3.8) is 0 Å². The molecule has 140 valence electrons. The molecule has 0 radical (unpaired) electrons. The van der Waals surface area contributed by atoms with E-state index in [2.05, 4.69) is 10.5 Å². The largest absolute Gasteiger partial charge is 0.494 e. The molecule has 0 amide bonds. The van der Waals surface area contributed by atoms with Crippen molar-refractivity contribution in [2.75, 3.05) is 12.5 Å². The van der Waals surface area contributed by atoms with Crippen molar-refractivity contribution in [1.82, 2.24) is 0 Å². The number of ether oxygens (including phenoxy) is 1. The number of non-ortho nitro benzene ring substituents is 2. The fourth-order valence-electron chi connectivity index (χ4n) is 2.16. The summed E-state index contributed by atoms with van der Waals surface area (Å²) in [5, 5.41) is 37.0. The molecule has 2 rings (SSSR count). The van der Waals surface area contributed by atoms with Gasteiger partial charge in [0.25, 0.3) is 11.4 Å². The molecule has 0 spiro atoms. The van der Waals surface area contributed by atoms with Crippen molar-refractivity contribution < 1.29 is 19.5 Å². The number of anilines is 1. The fourth-order valence-corrected chi connectivity index (χ4v) is 2.16. The van der Waals surface area contributed by atoms with Crippen LogP contribution in [0.5, 0.6) is 5.75 Å². The normalized spacial score (nSPS) is 11.0. The van der Waals surface area contributed by atoms with Crippen molar-refractivity contribution in [3.05, 3.63) is 72.3 Å². The second-order valence-corrected chi connectivity index (χ2v) is 5.17. The fraction of sp³-hybridized carbons (Fsp3) is 0.133. The number of rotatable bonds is 7. The molecule has 1 N–H and O–H groups in total. The maximum atomic E-state index is 11.3. The second kappa shape index (κ2) is 7.86. The maximum Gasteiger partial charge on any atom is 0.304 e. The minimum atomic E-state index is -0.809. The molecule has 0 aromatic heterocycles. The summed E-state index contributed by atoms with van der Waals surface area (Å²) in [7, 11) is 1.20. The molecule has 0 unspecified atom stereocenters. The number of hydrogen-bond donors (Lipinski definition) is 1. The Bertz CT molecular complexity index is 958. The molecule has 0 heterocycles. The van der Waals surface area contributed by atoms with Crippen molar-refractivity contribution in [1.29, 1.82) is 0 Å². The average Bonchev–Trinajstić information content (AvgIpc) is 2.65. The molecular weight excluding hydrogens is 362 g/mol. The Kier molecular flexibility index (Phi) is 5.60. The van der Waals surface area contributed by atoms with Gasteiger partial charge in [-0.25, -0.2) is 0 Å². The number of benzene rings is 2. The topological polar surface area (TPSA) is 163 Å². The molecule has 12 nitrogen and oxygen atoms in total. The van der Waals surface area contributed by atoms with Gasteiger partial charge in [0.15, 0.2) is 11.4 Å². The molecule has 12 heteroatoms. The molecule has 0 saturated heterocycles. The van der Waals surface area contributed by atoms with E-state index in [4.69, 9.17) is 4.74 Å². The van der Waals surface area contributed by atoms with Gasteiger partial charge in [-0.05, 0) is 6.92 Å². The molecule has 0 atom stereocenters. The molecule has 0 bridgehead atoms. The van der Waals surface area contributed by atoms with Gasteiger partial charge < -0.3 is 4.74 Å². The lowest BCUT2D eigenvalue weighted by Gasteiger charge is -2.09. The second-order valence-electron chi connectivity index (χ2n) is 5.17. The molecular formula is C15H13N5O7. The van der Waals surface area contributed by atoms with Crippen LogP contribution in [0.15, 0.2) is 41.5 Å². The van der Waals surface area contributed by atoms with E-state index >= 15 is 0 Å². The summed E-state index contributed by atoms with van der Waals surface area (Å²) in [6, 6.07) is 7.46. The maximum absolute atomic E-state index is 11.3. The van der Waals surface area contributed by atoms with Gasteiger partial charge in [-0.15, -0.1) is 0 Å². The van der Waals surface area contributed by atoms with Crippen LogP contribution in [0, 0.1) is 30.3 Å². The minimum Gasteiger partial charge on any atom is -0.494 e. The zero-order chi connectivity index (χ0) is 20.1. The number of nitro benzene ring substituents is 3. The summed E-state index contributed by atoms with van der Waals surface area (Å²) in [4.78, 5) is 30.9. The van der Waals surface area contributed by atoms with E-state index in [-0.39, 0.29) is 17.1 Å². The van der Waals surface area contributed by atoms with Gasteiger partial charge in [0.2, 0.25) is 0 Å². The Morgan fingerprint density at radius 2 is 1.67 bits per heavy atom. The molecule has 0 aliphatic rings. The lowest BCUT2D eigenvalue weighted by molar-refractivity contribution is -0.393. The Hall–Kier alpha value is -4.09. The highest BCUT2D eigenvalue weighted by atomic mass is 16.6. The van der Waals surface area contributed by atoms with Crippen LogP contribution in [0.1, 0.15) is 12.5 Å². The Labute approximate surface area is 151 Å². The Morgan fingerprint density at radius 1 is 1.00 bits per heavy atom. The summed E-state index contributed by atoms with van der Waals surface area (Å²) in [6.07, 6.45) is 0. The zero-order valence-electron chi connectivity index (χ0n) is 14.1. The highest BCUT2D eigenvalue weighted by Crippen LogP contribution is 2.38. The van der Waals surface area contributed by atoms with Crippen molar-refractivity contribution >= 4 is 28.5 Å². The standard InChI is InChI=1S/C15H13N5O7/c1-9(10-4-3-5-11(6-10)18(21)22)16-17-15-13(20(25)26)7-12(19(23)24)8-14(15)27-2/h3-8,17H,1-2H3/b16-9+. The van der Waals surface area contributed by atoms with E-state index in [0.717, 1.165) is 12.1 Å². The number of nitrogens with one attached hydrogen (secondary N) is 1. The molecule has 2 aromatic rings. The van der Waals surface area contributed by atoms with Gasteiger partial charge in [0.1, 0.15) is 0 Å². The van der Waals surface area contributed by atoms with Crippen molar-refractivity contribution in [2.24, 2.45) is 5.10 Å². The van der Waals surface area contributed by atoms with Gasteiger partial charge in [-0.1, -0.05) is 12.1 Å².